The lowest BCUT2D eigenvalue weighted by Crippen LogP contribution is -2.52. The van der Waals surface area contributed by atoms with Crippen LogP contribution < -0.4 is 4.90 Å². The van der Waals surface area contributed by atoms with E-state index in [0.29, 0.717) is 13.1 Å². The van der Waals surface area contributed by atoms with Gasteiger partial charge in [0.1, 0.15) is 6.10 Å². The van der Waals surface area contributed by atoms with Gasteiger partial charge in [-0.1, -0.05) is 29.5 Å². The van der Waals surface area contributed by atoms with Gasteiger partial charge in [-0.25, -0.2) is 9.78 Å². The number of anilines is 1. The fourth-order valence-electron chi connectivity index (χ4n) is 2.62. The molecule has 1 aliphatic rings. The molecule has 0 radical (unpaired) electrons. The van der Waals surface area contributed by atoms with Crippen LogP contribution >= 0.6 is 22.7 Å². The number of rotatable bonds is 4. The third kappa shape index (κ3) is 3.07. The molecule has 24 heavy (non-hydrogen) atoms. The van der Waals surface area contributed by atoms with Crippen molar-refractivity contribution in [1.29, 1.82) is 0 Å². The molecule has 1 aromatic carbocycles. The Morgan fingerprint density at radius 3 is 2.96 bits per heavy atom. The van der Waals surface area contributed by atoms with Gasteiger partial charge in [-0.15, -0.1) is 11.3 Å². The molecule has 0 spiro atoms. The summed E-state index contributed by atoms with van der Waals surface area (Å²) in [5.74, 6) is -0.284. The first kappa shape index (κ1) is 15.4. The zero-order valence-corrected chi connectivity index (χ0v) is 14.8. The second-order valence-electron chi connectivity index (χ2n) is 5.73. The molecule has 0 unspecified atom stereocenters. The molecule has 4 rings (SSSR count). The number of fused-ring (bicyclic) bond motifs is 1. The minimum atomic E-state index is -0.284. The van der Waals surface area contributed by atoms with E-state index in [4.69, 9.17) is 9.72 Å². The van der Waals surface area contributed by atoms with Crippen LogP contribution in [0.15, 0.2) is 41.8 Å². The summed E-state index contributed by atoms with van der Waals surface area (Å²) in [6, 6.07) is 10.1. The van der Waals surface area contributed by atoms with Gasteiger partial charge >= 0.3 is 5.97 Å². The Bertz CT molecular complexity index is 893. The number of aromatic nitrogens is 1. The maximum absolute atomic E-state index is 11.8. The maximum atomic E-state index is 11.8. The predicted octanol–water partition coefficient (Wildman–Crippen LogP) is 4.11. The number of hydrogen-bond acceptors (Lipinski definition) is 6. The van der Waals surface area contributed by atoms with E-state index >= 15 is 0 Å². The number of aryl methyl sites for hydroxylation is 1. The number of benzene rings is 1. The molecule has 3 aromatic rings. The van der Waals surface area contributed by atoms with E-state index in [0.717, 1.165) is 15.5 Å². The molecule has 0 aliphatic carbocycles. The Morgan fingerprint density at radius 1 is 1.33 bits per heavy atom. The lowest BCUT2D eigenvalue weighted by molar-refractivity contribution is -0.143. The van der Waals surface area contributed by atoms with Crippen LogP contribution in [0, 0.1) is 6.92 Å². The van der Waals surface area contributed by atoms with Crippen molar-refractivity contribution in [3.8, 4) is 0 Å². The molecule has 4 nitrogen and oxygen atoms in total. The second-order valence-corrected chi connectivity index (χ2v) is 7.72. The molecule has 0 N–H and O–H groups in total. The quantitative estimate of drug-likeness (QED) is 0.521. The minimum absolute atomic E-state index is 0.0569. The van der Waals surface area contributed by atoms with Crippen molar-refractivity contribution >= 4 is 50.1 Å². The fourth-order valence-corrected chi connectivity index (χ4v) is 4.30. The van der Waals surface area contributed by atoms with Crippen LogP contribution in [0.5, 0.6) is 0 Å². The van der Waals surface area contributed by atoms with Gasteiger partial charge in [-0.2, -0.15) is 0 Å². The summed E-state index contributed by atoms with van der Waals surface area (Å²) in [7, 11) is 0. The first-order valence-corrected chi connectivity index (χ1v) is 9.42. The van der Waals surface area contributed by atoms with Crippen LogP contribution in [-0.2, 0) is 9.53 Å². The monoisotopic (exact) mass is 356 g/mol. The molecule has 1 aliphatic heterocycles. The first-order chi connectivity index (χ1) is 11.7. The predicted molar refractivity (Wildman–Crippen MR) is 99.8 cm³/mol. The van der Waals surface area contributed by atoms with Gasteiger partial charge in [-0.05, 0) is 36.1 Å². The highest BCUT2D eigenvalue weighted by Gasteiger charge is 2.31. The zero-order chi connectivity index (χ0) is 16.5. The van der Waals surface area contributed by atoms with Crippen molar-refractivity contribution in [3.05, 3.63) is 52.2 Å². The molecule has 2 aromatic heterocycles. The molecular formula is C18H16N2O2S2. The molecule has 0 amide bonds. The largest absolute Gasteiger partial charge is 0.455 e. The van der Waals surface area contributed by atoms with Crippen molar-refractivity contribution in [1.82, 2.24) is 4.98 Å². The lowest BCUT2D eigenvalue weighted by Gasteiger charge is -2.37. The third-order valence-electron chi connectivity index (χ3n) is 3.94. The van der Waals surface area contributed by atoms with E-state index in [2.05, 4.69) is 30.0 Å². The second kappa shape index (κ2) is 6.37. The average molecular weight is 356 g/mol. The summed E-state index contributed by atoms with van der Waals surface area (Å²) in [5, 5.41) is 2.98. The molecule has 122 valence electrons. The standard InChI is InChI=1S/C18H16N2O2S2/c1-12-4-2-6-15-17(12)19-18(24-15)20-10-13(11-20)22-16(21)8-7-14-5-3-9-23-14/h2-9,13H,10-11H2,1H3/b8-7+. The molecular weight excluding hydrogens is 340 g/mol. The van der Waals surface area contributed by atoms with Crippen LogP contribution in [0.3, 0.4) is 0 Å². The van der Waals surface area contributed by atoms with Gasteiger partial charge in [0, 0.05) is 11.0 Å². The highest BCUT2D eigenvalue weighted by molar-refractivity contribution is 7.22. The van der Waals surface area contributed by atoms with Crippen molar-refractivity contribution in [2.45, 2.75) is 13.0 Å². The van der Waals surface area contributed by atoms with Crippen molar-refractivity contribution in [3.63, 3.8) is 0 Å². The molecule has 1 fully saturated rings. The van der Waals surface area contributed by atoms with Gasteiger partial charge in [0.2, 0.25) is 0 Å². The van der Waals surface area contributed by atoms with Crippen LogP contribution in [0.1, 0.15) is 10.4 Å². The summed E-state index contributed by atoms with van der Waals surface area (Å²) in [6.45, 7) is 3.49. The number of ether oxygens (including phenoxy) is 1. The van der Waals surface area contributed by atoms with E-state index in [9.17, 15) is 4.79 Å². The Balaban J connectivity index is 1.34. The summed E-state index contributed by atoms with van der Waals surface area (Å²) < 4.78 is 6.65. The third-order valence-corrected chi connectivity index (χ3v) is 5.86. The van der Waals surface area contributed by atoms with Gasteiger partial charge < -0.3 is 9.64 Å². The van der Waals surface area contributed by atoms with Gasteiger partial charge in [0.15, 0.2) is 5.13 Å². The molecule has 3 heterocycles. The van der Waals surface area contributed by atoms with E-state index in [1.165, 1.54) is 16.3 Å². The van der Waals surface area contributed by atoms with Crippen LogP contribution in [0.4, 0.5) is 5.13 Å². The number of nitrogens with zero attached hydrogens (tertiary/aromatic N) is 2. The fraction of sp³-hybridized carbons (Fsp3) is 0.222. The number of hydrogen-bond donors (Lipinski definition) is 0. The van der Waals surface area contributed by atoms with E-state index in [1.54, 1.807) is 28.7 Å². The van der Waals surface area contributed by atoms with Crippen molar-refractivity contribution < 1.29 is 9.53 Å². The Labute approximate surface area is 148 Å². The van der Waals surface area contributed by atoms with Gasteiger partial charge in [-0.3, -0.25) is 0 Å². The first-order valence-electron chi connectivity index (χ1n) is 7.72. The van der Waals surface area contributed by atoms with E-state index < -0.39 is 0 Å². The Kier molecular flexibility index (Phi) is 4.08. The van der Waals surface area contributed by atoms with Gasteiger partial charge in [0.05, 0.1) is 23.3 Å². The Hall–Kier alpha value is -2.18. The number of carbonyl (C=O) groups is 1. The highest BCUT2D eigenvalue weighted by atomic mass is 32.1. The normalized spacial score (nSPS) is 15.1. The molecule has 1 saturated heterocycles. The van der Waals surface area contributed by atoms with Crippen molar-refractivity contribution in [2.24, 2.45) is 0 Å². The van der Waals surface area contributed by atoms with Crippen molar-refractivity contribution in [2.75, 3.05) is 18.0 Å². The smallest absolute Gasteiger partial charge is 0.331 e. The summed E-state index contributed by atoms with van der Waals surface area (Å²) >= 11 is 3.28. The average Bonchev–Trinajstić information content (AvgIpc) is 3.18. The minimum Gasteiger partial charge on any atom is -0.455 e. The van der Waals surface area contributed by atoms with Crippen LogP contribution in [-0.4, -0.2) is 30.1 Å². The summed E-state index contributed by atoms with van der Waals surface area (Å²) in [4.78, 5) is 19.7. The summed E-state index contributed by atoms with van der Waals surface area (Å²) in [5.41, 5.74) is 2.26. The molecule has 0 bridgehead atoms. The lowest BCUT2D eigenvalue weighted by atomic mass is 10.2. The molecule has 6 heteroatoms. The topological polar surface area (TPSA) is 42.4 Å². The van der Waals surface area contributed by atoms with Crippen LogP contribution in [0.2, 0.25) is 0 Å². The summed E-state index contributed by atoms with van der Waals surface area (Å²) in [6.07, 6.45) is 3.23. The SMILES string of the molecule is Cc1cccc2sc(N3CC(OC(=O)/C=C/c4cccs4)C3)nc12. The number of thiazole rings is 1. The molecule has 0 atom stereocenters. The zero-order valence-electron chi connectivity index (χ0n) is 13.1. The van der Waals surface area contributed by atoms with Crippen LogP contribution in [0.25, 0.3) is 16.3 Å². The number of esters is 1. The Morgan fingerprint density at radius 2 is 2.21 bits per heavy atom. The highest BCUT2D eigenvalue weighted by Crippen LogP contribution is 2.33. The maximum Gasteiger partial charge on any atom is 0.331 e. The number of thiophene rings is 1. The van der Waals surface area contributed by atoms with Gasteiger partial charge in [0.25, 0.3) is 0 Å². The molecule has 0 saturated carbocycles. The van der Waals surface area contributed by atoms with E-state index in [-0.39, 0.29) is 12.1 Å². The number of carbonyl (C=O) groups excluding carboxylic acids is 1. The number of para-hydroxylation sites is 1. The van der Waals surface area contributed by atoms with E-state index in [1.807, 2.05) is 17.5 Å².